The SMILES string of the molecule is CCCSc1nsc(NC(=O)CNC(C(=O)O)C2CC2)n1. The minimum absolute atomic E-state index is 0.0372. The monoisotopic (exact) mass is 330 g/mol. The van der Waals surface area contributed by atoms with E-state index >= 15 is 0 Å². The highest BCUT2D eigenvalue weighted by Crippen LogP contribution is 2.32. The molecule has 3 N–H and O–H groups in total. The number of carbonyl (C=O) groups is 2. The molecular weight excluding hydrogens is 312 g/mol. The molecule has 0 spiro atoms. The van der Waals surface area contributed by atoms with Crippen molar-refractivity contribution < 1.29 is 14.7 Å². The Balaban J connectivity index is 1.75. The third-order valence-electron chi connectivity index (χ3n) is 2.93. The molecule has 2 rings (SSSR count). The lowest BCUT2D eigenvalue weighted by Gasteiger charge is -2.12. The Kier molecular flexibility index (Phi) is 5.95. The van der Waals surface area contributed by atoms with Crippen LogP contribution in [-0.2, 0) is 9.59 Å². The van der Waals surface area contributed by atoms with Crippen LogP contribution in [-0.4, -0.2) is 44.7 Å². The maximum absolute atomic E-state index is 11.8. The van der Waals surface area contributed by atoms with E-state index in [1.807, 2.05) is 0 Å². The van der Waals surface area contributed by atoms with Crippen molar-refractivity contribution in [1.82, 2.24) is 14.7 Å². The van der Waals surface area contributed by atoms with Crippen LogP contribution in [0.5, 0.6) is 0 Å². The van der Waals surface area contributed by atoms with Crippen LogP contribution in [0.25, 0.3) is 0 Å². The summed E-state index contributed by atoms with van der Waals surface area (Å²) in [6.45, 7) is 2.04. The maximum Gasteiger partial charge on any atom is 0.320 e. The first kappa shape index (κ1) is 16.2. The summed E-state index contributed by atoms with van der Waals surface area (Å²) in [7, 11) is 0. The highest BCUT2D eigenvalue weighted by Gasteiger charge is 2.36. The predicted molar refractivity (Wildman–Crippen MR) is 81.7 cm³/mol. The Morgan fingerprint density at radius 3 is 2.90 bits per heavy atom. The number of aliphatic carboxylic acids is 1. The number of thioether (sulfide) groups is 1. The molecule has 7 nitrogen and oxygen atoms in total. The molecule has 0 aromatic carbocycles. The fourth-order valence-electron chi connectivity index (χ4n) is 1.76. The molecular formula is C12H18N4O3S2. The molecule has 0 radical (unpaired) electrons. The van der Waals surface area contributed by atoms with Gasteiger partial charge in [0.1, 0.15) is 6.04 Å². The van der Waals surface area contributed by atoms with Crippen molar-refractivity contribution in [2.24, 2.45) is 5.92 Å². The van der Waals surface area contributed by atoms with Gasteiger partial charge in [0.05, 0.1) is 6.54 Å². The van der Waals surface area contributed by atoms with Gasteiger partial charge in [-0.3, -0.25) is 20.2 Å². The average molecular weight is 330 g/mol. The molecule has 1 atom stereocenters. The highest BCUT2D eigenvalue weighted by molar-refractivity contribution is 7.99. The Hall–Kier alpha value is -1.19. The molecule has 0 saturated heterocycles. The van der Waals surface area contributed by atoms with Gasteiger partial charge in [0, 0.05) is 17.3 Å². The molecule has 116 valence electrons. The molecule has 1 aliphatic carbocycles. The van der Waals surface area contributed by atoms with Gasteiger partial charge in [0.25, 0.3) is 0 Å². The second kappa shape index (κ2) is 7.71. The van der Waals surface area contributed by atoms with Gasteiger partial charge in [-0.25, -0.2) is 0 Å². The number of hydrogen-bond donors (Lipinski definition) is 3. The van der Waals surface area contributed by atoms with Gasteiger partial charge >= 0.3 is 5.97 Å². The minimum Gasteiger partial charge on any atom is -0.480 e. The zero-order valence-corrected chi connectivity index (χ0v) is 13.3. The molecule has 1 fully saturated rings. The zero-order chi connectivity index (χ0) is 15.2. The number of amides is 1. The van der Waals surface area contributed by atoms with Gasteiger partial charge in [-0.15, -0.1) is 0 Å². The number of hydrogen-bond acceptors (Lipinski definition) is 7. The molecule has 1 aliphatic rings. The molecule has 0 bridgehead atoms. The lowest BCUT2D eigenvalue weighted by atomic mass is 10.2. The van der Waals surface area contributed by atoms with Crippen LogP contribution in [0.3, 0.4) is 0 Å². The van der Waals surface area contributed by atoms with Gasteiger partial charge in [-0.2, -0.15) is 9.36 Å². The van der Waals surface area contributed by atoms with E-state index in [2.05, 4.69) is 26.9 Å². The number of aromatic nitrogens is 2. The fourth-order valence-corrected chi connectivity index (χ4v) is 3.18. The lowest BCUT2D eigenvalue weighted by Crippen LogP contribution is -2.42. The Morgan fingerprint density at radius 2 is 2.29 bits per heavy atom. The number of carboxylic acids is 1. The summed E-state index contributed by atoms with van der Waals surface area (Å²) in [4.78, 5) is 27.0. The summed E-state index contributed by atoms with van der Waals surface area (Å²) < 4.78 is 4.13. The molecule has 0 aliphatic heterocycles. The van der Waals surface area contributed by atoms with E-state index in [1.165, 1.54) is 0 Å². The van der Waals surface area contributed by atoms with Gasteiger partial charge in [0.2, 0.25) is 16.2 Å². The number of anilines is 1. The largest absolute Gasteiger partial charge is 0.480 e. The molecule has 1 unspecified atom stereocenters. The number of carbonyl (C=O) groups excluding carboxylic acids is 1. The first-order chi connectivity index (χ1) is 10.1. The topological polar surface area (TPSA) is 104 Å². The first-order valence-corrected chi connectivity index (χ1v) is 8.58. The fraction of sp³-hybridized carbons (Fsp3) is 0.667. The zero-order valence-electron chi connectivity index (χ0n) is 11.7. The van der Waals surface area contributed by atoms with Crippen molar-refractivity contribution in [1.29, 1.82) is 0 Å². The predicted octanol–water partition coefficient (Wildman–Crippen LogP) is 1.43. The van der Waals surface area contributed by atoms with Crippen LogP contribution >= 0.6 is 23.3 Å². The second-order valence-electron chi connectivity index (χ2n) is 4.81. The summed E-state index contributed by atoms with van der Waals surface area (Å²) in [5, 5.41) is 15.6. The van der Waals surface area contributed by atoms with Gasteiger partial charge < -0.3 is 5.11 Å². The molecule has 1 heterocycles. The number of nitrogens with zero attached hydrogens (tertiary/aromatic N) is 2. The highest BCUT2D eigenvalue weighted by atomic mass is 32.2. The molecule has 1 aromatic heterocycles. The number of rotatable bonds is 9. The van der Waals surface area contributed by atoms with E-state index < -0.39 is 12.0 Å². The average Bonchev–Trinajstić information content (AvgIpc) is 3.17. The quantitative estimate of drug-likeness (QED) is 0.588. The van der Waals surface area contributed by atoms with Crippen LogP contribution < -0.4 is 10.6 Å². The summed E-state index contributed by atoms with van der Waals surface area (Å²) in [6, 6.07) is -0.638. The van der Waals surface area contributed by atoms with Crippen molar-refractivity contribution >= 4 is 40.3 Å². The summed E-state index contributed by atoms with van der Waals surface area (Å²) in [5.41, 5.74) is 0. The minimum atomic E-state index is -0.903. The second-order valence-corrected chi connectivity index (χ2v) is 6.63. The molecule has 1 aromatic rings. The number of carboxylic acid groups (broad SMARTS) is 1. The van der Waals surface area contributed by atoms with Crippen molar-refractivity contribution in [2.45, 2.75) is 37.4 Å². The van der Waals surface area contributed by atoms with E-state index in [1.54, 1.807) is 11.8 Å². The van der Waals surface area contributed by atoms with E-state index in [-0.39, 0.29) is 18.4 Å². The standard InChI is InChI=1S/C12H18N4O3S2/c1-2-5-20-12-15-11(21-16-12)14-8(17)6-13-9(10(18)19)7-3-4-7/h7,9,13H,2-6H2,1H3,(H,18,19)(H,14,15,16,17). The van der Waals surface area contributed by atoms with Crippen LogP contribution in [0.1, 0.15) is 26.2 Å². The van der Waals surface area contributed by atoms with Crippen molar-refractivity contribution in [3.63, 3.8) is 0 Å². The van der Waals surface area contributed by atoms with E-state index in [0.717, 1.165) is 36.5 Å². The molecule has 1 saturated carbocycles. The van der Waals surface area contributed by atoms with Crippen molar-refractivity contribution in [2.75, 3.05) is 17.6 Å². The normalized spacial score (nSPS) is 15.7. The Morgan fingerprint density at radius 1 is 1.52 bits per heavy atom. The van der Waals surface area contributed by atoms with Gasteiger partial charge in [0.15, 0.2) is 0 Å². The van der Waals surface area contributed by atoms with Crippen LogP contribution in [0.2, 0.25) is 0 Å². The lowest BCUT2D eigenvalue weighted by molar-refractivity contribution is -0.140. The summed E-state index contributed by atoms with van der Waals surface area (Å²) >= 11 is 2.68. The van der Waals surface area contributed by atoms with E-state index in [9.17, 15) is 9.59 Å². The van der Waals surface area contributed by atoms with Gasteiger partial charge in [-0.1, -0.05) is 18.7 Å². The first-order valence-electron chi connectivity index (χ1n) is 6.82. The smallest absolute Gasteiger partial charge is 0.320 e. The third-order valence-corrected chi connectivity index (χ3v) is 4.73. The van der Waals surface area contributed by atoms with Gasteiger partial charge in [-0.05, 0) is 25.2 Å². The number of nitrogens with one attached hydrogen (secondary N) is 2. The molecule has 1 amide bonds. The Bertz CT molecular complexity index is 504. The van der Waals surface area contributed by atoms with Crippen LogP contribution in [0.4, 0.5) is 5.13 Å². The van der Waals surface area contributed by atoms with E-state index in [4.69, 9.17) is 5.11 Å². The van der Waals surface area contributed by atoms with Crippen LogP contribution in [0, 0.1) is 5.92 Å². The summed E-state index contributed by atoms with van der Waals surface area (Å²) in [5.74, 6) is -0.119. The van der Waals surface area contributed by atoms with E-state index in [0.29, 0.717) is 10.3 Å². The van der Waals surface area contributed by atoms with Crippen molar-refractivity contribution in [3.05, 3.63) is 0 Å². The van der Waals surface area contributed by atoms with Crippen LogP contribution in [0.15, 0.2) is 5.16 Å². The summed E-state index contributed by atoms with van der Waals surface area (Å²) in [6.07, 6.45) is 2.84. The molecule has 21 heavy (non-hydrogen) atoms. The third kappa shape index (κ3) is 5.25. The Labute approximate surface area is 131 Å². The van der Waals surface area contributed by atoms with Crippen molar-refractivity contribution in [3.8, 4) is 0 Å². The maximum atomic E-state index is 11.8. The molecule has 9 heteroatoms.